The zero-order valence-electron chi connectivity index (χ0n) is 9.33. The molecule has 0 heterocycles. The van der Waals surface area contributed by atoms with Gasteiger partial charge in [-0.25, -0.2) is 0 Å². The predicted octanol–water partition coefficient (Wildman–Crippen LogP) is 3.34. The highest BCUT2D eigenvalue weighted by Gasteiger charge is 2.27. The van der Waals surface area contributed by atoms with Crippen molar-refractivity contribution < 1.29 is 17.9 Å². The molecule has 0 aliphatic carbocycles. The average molecular weight is 265 g/mol. The molecule has 1 rings (SSSR count). The summed E-state index contributed by atoms with van der Waals surface area (Å²) in [6.45, 7) is 1.81. The summed E-state index contributed by atoms with van der Waals surface area (Å²) in [5.74, 6) is 0.418. The van der Waals surface area contributed by atoms with Crippen molar-refractivity contribution in [3.05, 3.63) is 29.8 Å². The van der Waals surface area contributed by atoms with Crippen LogP contribution in [0.2, 0.25) is 0 Å². The van der Waals surface area contributed by atoms with Crippen LogP contribution in [-0.4, -0.2) is 17.9 Å². The van der Waals surface area contributed by atoms with Crippen molar-refractivity contribution in [1.29, 1.82) is 0 Å². The minimum atomic E-state index is -4.20. The Hall–Kier alpha value is -0.880. The van der Waals surface area contributed by atoms with Crippen molar-refractivity contribution in [2.45, 2.75) is 18.5 Å². The lowest BCUT2D eigenvalue weighted by atomic mass is 10.1. The van der Waals surface area contributed by atoms with Gasteiger partial charge in [0, 0.05) is 17.4 Å². The molecule has 6 heteroatoms. The molecule has 0 spiro atoms. The van der Waals surface area contributed by atoms with Gasteiger partial charge in [-0.05, 0) is 24.8 Å². The first-order valence-electron chi connectivity index (χ1n) is 5.08. The maximum absolute atomic E-state index is 11.9. The fourth-order valence-electron chi connectivity index (χ4n) is 1.30. The normalized spacial score (nSPS) is 13.5. The van der Waals surface area contributed by atoms with Crippen LogP contribution in [0.3, 0.4) is 0 Å². The molecule has 0 saturated carbocycles. The Morgan fingerprint density at radius 3 is 2.59 bits per heavy atom. The third-order valence-corrected chi connectivity index (χ3v) is 2.71. The van der Waals surface area contributed by atoms with Crippen LogP contribution in [0.1, 0.15) is 18.5 Å². The quantitative estimate of drug-likeness (QED) is 0.829. The molecule has 1 atom stereocenters. The molecule has 0 fully saturated rings. The van der Waals surface area contributed by atoms with Gasteiger partial charge in [-0.15, -0.1) is 0 Å². The van der Waals surface area contributed by atoms with Crippen LogP contribution in [0.25, 0.3) is 0 Å². The smallest absolute Gasteiger partial charge is 0.441 e. The van der Waals surface area contributed by atoms with Crippen LogP contribution in [0.4, 0.5) is 13.2 Å². The summed E-state index contributed by atoms with van der Waals surface area (Å²) >= 11 is -0.0892. The fraction of sp³-hybridized carbons (Fsp3) is 0.455. The first-order chi connectivity index (χ1) is 7.90. The van der Waals surface area contributed by atoms with Crippen LogP contribution < -0.4 is 10.5 Å². The molecule has 0 radical (unpaired) electrons. The van der Waals surface area contributed by atoms with E-state index in [9.17, 15) is 13.2 Å². The van der Waals surface area contributed by atoms with Gasteiger partial charge in [-0.3, -0.25) is 0 Å². The van der Waals surface area contributed by atoms with Crippen LogP contribution in [0, 0.1) is 0 Å². The van der Waals surface area contributed by atoms with Crippen molar-refractivity contribution in [2.75, 3.05) is 12.4 Å². The van der Waals surface area contributed by atoms with Gasteiger partial charge in [0.05, 0.1) is 6.61 Å². The molecular weight excluding hydrogens is 251 g/mol. The number of hydrogen-bond donors (Lipinski definition) is 1. The zero-order chi connectivity index (χ0) is 12.9. The third-order valence-electron chi connectivity index (χ3n) is 2.02. The zero-order valence-corrected chi connectivity index (χ0v) is 10.1. The molecule has 0 amide bonds. The van der Waals surface area contributed by atoms with Crippen molar-refractivity contribution in [1.82, 2.24) is 0 Å². The number of ether oxygens (including phenoxy) is 1. The first kappa shape index (κ1) is 14.2. The number of halogens is 3. The second kappa shape index (κ2) is 6.16. The summed E-state index contributed by atoms with van der Waals surface area (Å²) < 4.78 is 40.9. The molecular formula is C11H14F3NOS. The lowest BCUT2D eigenvalue weighted by molar-refractivity contribution is -0.0329. The van der Waals surface area contributed by atoms with Gasteiger partial charge in [-0.2, -0.15) is 13.2 Å². The van der Waals surface area contributed by atoms with Crippen LogP contribution in [-0.2, 0) is 0 Å². The Bertz CT molecular complexity index is 355. The first-order valence-corrected chi connectivity index (χ1v) is 6.06. The number of thioether (sulfide) groups is 1. The van der Waals surface area contributed by atoms with Gasteiger partial charge in [0.1, 0.15) is 5.75 Å². The predicted molar refractivity (Wildman–Crippen MR) is 63.1 cm³/mol. The molecule has 1 aromatic carbocycles. The van der Waals surface area contributed by atoms with Gasteiger partial charge in [0.2, 0.25) is 0 Å². The van der Waals surface area contributed by atoms with E-state index in [2.05, 4.69) is 0 Å². The molecule has 0 aliphatic heterocycles. The van der Waals surface area contributed by atoms with Crippen molar-refractivity contribution in [3.8, 4) is 5.75 Å². The van der Waals surface area contributed by atoms with Gasteiger partial charge in [0.25, 0.3) is 0 Å². The topological polar surface area (TPSA) is 35.2 Å². The Kier molecular flexibility index (Phi) is 5.14. The summed E-state index contributed by atoms with van der Waals surface area (Å²) in [5, 5.41) is 0. The van der Waals surface area contributed by atoms with E-state index in [0.717, 1.165) is 5.56 Å². The lowest BCUT2D eigenvalue weighted by Gasteiger charge is -2.13. The minimum absolute atomic E-state index is 0.00785. The summed E-state index contributed by atoms with van der Waals surface area (Å²) in [6, 6.07) is 6.88. The maximum Gasteiger partial charge on any atom is 0.441 e. The van der Waals surface area contributed by atoms with E-state index in [0.29, 0.717) is 5.75 Å². The molecule has 17 heavy (non-hydrogen) atoms. The van der Waals surface area contributed by atoms with Gasteiger partial charge >= 0.3 is 5.51 Å². The van der Waals surface area contributed by atoms with E-state index in [-0.39, 0.29) is 30.2 Å². The molecule has 0 unspecified atom stereocenters. The SMILES string of the molecule is C[C@@H](N)c1ccccc1OCCSC(F)(F)F. The van der Waals surface area contributed by atoms with Crippen LogP contribution >= 0.6 is 11.8 Å². The van der Waals surface area contributed by atoms with Crippen molar-refractivity contribution in [2.24, 2.45) is 5.73 Å². The van der Waals surface area contributed by atoms with Crippen LogP contribution in [0.15, 0.2) is 24.3 Å². The van der Waals surface area contributed by atoms with Crippen molar-refractivity contribution in [3.63, 3.8) is 0 Å². The van der Waals surface area contributed by atoms with E-state index >= 15 is 0 Å². The summed E-state index contributed by atoms with van der Waals surface area (Å²) in [5.41, 5.74) is 2.31. The van der Waals surface area contributed by atoms with Gasteiger partial charge < -0.3 is 10.5 Å². The van der Waals surface area contributed by atoms with Gasteiger partial charge in [-0.1, -0.05) is 18.2 Å². The molecule has 96 valence electrons. The molecule has 2 nitrogen and oxygen atoms in total. The van der Waals surface area contributed by atoms with E-state index in [4.69, 9.17) is 10.5 Å². The molecule has 0 bridgehead atoms. The average Bonchev–Trinajstić information content (AvgIpc) is 2.23. The largest absolute Gasteiger partial charge is 0.492 e. The number of nitrogens with two attached hydrogens (primary N) is 1. The third kappa shape index (κ3) is 5.32. The monoisotopic (exact) mass is 265 g/mol. The van der Waals surface area contributed by atoms with Crippen LogP contribution in [0.5, 0.6) is 5.75 Å². The fourth-order valence-corrected chi connectivity index (χ4v) is 1.70. The van der Waals surface area contributed by atoms with E-state index in [1.165, 1.54) is 0 Å². The Morgan fingerprint density at radius 1 is 1.35 bits per heavy atom. The Balaban J connectivity index is 2.47. The molecule has 2 N–H and O–H groups in total. The molecule has 0 aromatic heterocycles. The maximum atomic E-state index is 11.9. The highest BCUT2D eigenvalue weighted by atomic mass is 32.2. The number of para-hydroxylation sites is 1. The van der Waals surface area contributed by atoms with Crippen molar-refractivity contribution >= 4 is 11.8 Å². The minimum Gasteiger partial charge on any atom is -0.492 e. The molecule has 1 aromatic rings. The second-order valence-corrected chi connectivity index (χ2v) is 4.63. The highest BCUT2D eigenvalue weighted by Crippen LogP contribution is 2.30. The number of hydrogen-bond acceptors (Lipinski definition) is 3. The summed E-state index contributed by atoms with van der Waals surface area (Å²) in [4.78, 5) is 0. The van der Waals surface area contributed by atoms with E-state index in [1.807, 2.05) is 6.07 Å². The second-order valence-electron chi connectivity index (χ2n) is 3.47. The molecule has 0 aliphatic rings. The van der Waals surface area contributed by atoms with E-state index < -0.39 is 5.51 Å². The highest BCUT2D eigenvalue weighted by molar-refractivity contribution is 8.00. The lowest BCUT2D eigenvalue weighted by Crippen LogP contribution is -2.11. The Labute approximate surface area is 102 Å². The summed E-state index contributed by atoms with van der Waals surface area (Å²) in [6.07, 6.45) is 0. The number of benzene rings is 1. The number of alkyl halides is 3. The molecule has 0 saturated heterocycles. The summed E-state index contributed by atoms with van der Waals surface area (Å²) in [7, 11) is 0. The Morgan fingerprint density at radius 2 is 2.00 bits per heavy atom. The standard InChI is InChI=1S/C11H14F3NOS/c1-8(15)9-4-2-3-5-10(9)16-6-7-17-11(12,13)14/h2-5,8H,6-7,15H2,1H3/t8-/m1/s1. The van der Waals surface area contributed by atoms with Gasteiger partial charge in [0.15, 0.2) is 0 Å². The number of rotatable bonds is 5. The van der Waals surface area contributed by atoms with E-state index in [1.54, 1.807) is 25.1 Å².